The van der Waals surface area contributed by atoms with Gasteiger partial charge < -0.3 is 9.84 Å². The molecule has 68 valence electrons. The van der Waals surface area contributed by atoms with Gasteiger partial charge in [-0.05, 0) is 12.1 Å². The fourth-order valence-electron chi connectivity index (χ4n) is 0.860. The molecule has 1 N–H and O–H groups in total. The predicted molar refractivity (Wildman–Crippen MR) is 45.7 cm³/mol. The summed E-state index contributed by atoms with van der Waals surface area (Å²) in [6.45, 7) is 0. The van der Waals surface area contributed by atoms with Crippen molar-refractivity contribution in [2.75, 3.05) is 7.11 Å². The maximum atomic E-state index is 11.0. The van der Waals surface area contributed by atoms with Crippen LogP contribution in [-0.2, 0) is 4.74 Å². The minimum absolute atomic E-state index is 0.127. The lowest BCUT2D eigenvalue weighted by Crippen LogP contribution is -2.04. The highest BCUT2D eigenvalue weighted by Crippen LogP contribution is 2.10. The van der Waals surface area contributed by atoms with Crippen molar-refractivity contribution in [2.45, 2.75) is 0 Å². The molecule has 0 aliphatic carbocycles. The van der Waals surface area contributed by atoms with Gasteiger partial charge in [-0.2, -0.15) is 0 Å². The van der Waals surface area contributed by atoms with Gasteiger partial charge in [-0.1, -0.05) is 12.1 Å². The molecule has 4 nitrogen and oxygen atoms in total. The van der Waals surface area contributed by atoms with Gasteiger partial charge >= 0.3 is 5.97 Å². The molecule has 4 heteroatoms. The Balaban J connectivity index is 3.40. The Hall–Kier alpha value is -1.84. The van der Waals surface area contributed by atoms with E-state index >= 15 is 0 Å². The molecule has 0 atom stereocenters. The molecule has 0 aliphatic rings. The zero-order chi connectivity index (χ0) is 9.84. The van der Waals surface area contributed by atoms with Crippen LogP contribution in [0.5, 0.6) is 5.75 Å². The lowest BCUT2D eigenvalue weighted by Gasteiger charge is -1.96. The Morgan fingerprint density at radius 3 is 2.62 bits per heavy atom. The van der Waals surface area contributed by atoms with Gasteiger partial charge in [0.15, 0.2) is 5.75 Å². The van der Waals surface area contributed by atoms with E-state index in [-0.39, 0.29) is 5.56 Å². The van der Waals surface area contributed by atoms with Crippen LogP contribution in [0, 0.1) is 0 Å². The number of hydrogen-bond acceptors (Lipinski definition) is 4. The second-order valence-corrected chi connectivity index (χ2v) is 2.34. The molecule has 1 aromatic carbocycles. The second-order valence-electron chi connectivity index (χ2n) is 2.34. The summed E-state index contributed by atoms with van der Waals surface area (Å²) in [5.41, 5.74) is -0.733. The number of hydrogen-bond donors (Lipinski definition) is 1. The molecule has 0 bridgehead atoms. The molecule has 0 saturated carbocycles. The minimum atomic E-state index is -0.731. The Kier molecular flexibility index (Phi) is 2.64. The number of aromatic hydroxyl groups is 1. The molecule has 1 rings (SSSR count). The molecule has 13 heavy (non-hydrogen) atoms. The molecule has 0 unspecified atom stereocenters. The van der Waals surface area contributed by atoms with E-state index in [4.69, 9.17) is 0 Å². The van der Waals surface area contributed by atoms with Gasteiger partial charge in [0, 0.05) is 0 Å². The summed E-state index contributed by atoms with van der Waals surface area (Å²) in [4.78, 5) is 22.0. The predicted octanol–water partition coefficient (Wildman–Crippen LogP) is 0.539. The maximum Gasteiger partial charge on any atom is 0.341 e. The number of rotatable bonds is 1. The van der Waals surface area contributed by atoms with Gasteiger partial charge in [0.25, 0.3) is 0 Å². The number of ether oxygens (including phenoxy) is 1. The van der Waals surface area contributed by atoms with Gasteiger partial charge in [0.2, 0.25) is 5.43 Å². The monoisotopic (exact) mass is 180 g/mol. The van der Waals surface area contributed by atoms with Crippen LogP contribution in [0.25, 0.3) is 0 Å². The van der Waals surface area contributed by atoms with Crippen molar-refractivity contribution in [3.05, 3.63) is 40.1 Å². The molecule has 0 aromatic heterocycles. The van der Waals surface area contributed by atoms with Crippen molar-refractivity contribution in [3.8, 4) is 5.75 Å². The molecule has 0 amide bonds. The third-order valence-electron chi connectivity index (χ3n) is 1.52. The highest BCUT2D eigenvalue weighted by atomic mass is 16.5. The van der Waals surface area contributed by atoms with Crippen molar-refractivity contribution in [1.82, 2.24) is 0 Å². The van der Waals surface area contributed by atoms with Crippen LogP contribution < -0.4 is 5.43 Å². The largest absolute Gasteiger partial charge is 0.504 e. The SMILES string of the molecule is COC(=O)c1ccccc(=O)c1O. The molecular weight excluding hydrogens is 172 g/mol. The summed E-state index contributed by atoms with van der Waals surface area (Å²) in [5, 5.41) is 9.25. The van der Waals surface area contributed by atoms with Crippen molar-refractivity contribution >= 4 is 5.97 Å². The summed E-state index contributed by atoms with van der Waals surface area (Å²) in [7, 11) is 1.18. The lowest BCUT2D eigenvalue weighted by molar-refractivity contribution is 0.0597. The number of carbonyl (C=O) groups is 1. The first-order valence-corrected chi connectivity index (χ1v) is 3.57. The zero-order valence-electron chi connectivity index (χ0n) is 6.98. The molecule has 0 fully saturated rings. The van der Waals surface area contributed by atoms with Gasteiger partial charge in [0.05, 0.1) is 7.11 Å². The van der Waals surface area contributed by atoms with Crippen LogP contribution in [0.3, 0.4) is 0 Å². The van der Waals surface area contributed by atoms with E-state index in [1.807, 2.05) is 0 Å². The molecule has 0 heterocycles. The van der Waals surface area contributed by atoms with E-state index in [0.717, 1.165) is 0 Å². The Bertz CT molecular complexity index is 384. The topological polar surface area (TPSA) is 63.6 Å². The summed E-state index contributed by atoms with van der Waals surface area (Å²) in [6.07, 6.45) is 0. The van der Waals surface area contributed by atoms with E-state index in [9.17, 15) is 14.7 Å². The highest BCUT2D eigenvalue weighted by Gasteiger charge is 2.11. The summed E-state index contributed by atoms with van der Waals surface area (Å²) >= 11 is 0. The third kappa shape index (κ3) is 1.84. The van der Waals surface area contributed by atoms with Gasteiger partial charge in [0.1, 0.15) is 5.56 Å². The van der Waals surface area contributed by atoms with Crippen molar-refractivity contribution < 1.29 is 14.6 Å². The third-order valence-corrected chi connectivity index (χ3v) is 1.52. The number of methoxy groups -OCH3 is 1. The quantitative estimate of drug-likeness (QED) is 0.640. The van der Waals surface area contributed by atoms with Crippen LogP contribution in [-0.4, -0.2) is 18.2 Å². The van der Waals surface area contributed by atoms with Gasteiger partial charge in [-0.3, -0.25) is 4.79 Å². The van der Waals surface area contributed by atoms with Gasteiger partial charge in [-0.25, -0.2) is 4.79 Å². The van der Waals surface area contributed by atoms with E-state index in [0.29, 0.717) is 0 Å². The first-order chi connectivity index (χ1) is 6.16. The fourth-order valence-corrected chi connectivity index (χ4v) is 0.860. The van der Waals surface area contributed by atoms with Crippen LogP contribution in [0.15, 0.2) is 29.1 Å². The van der Waals surface area contributed by atoms with E-state index < -0.39 is 17.1 Å². The smallest absolute Gasteiger partial charge is 0.341 e. The van der Waals surface area contributed by atoms with Crippen LogP contribution >= 0.6 is 0 Å². The van der Waals surface area contributed by atoms with Crippen molar-refractivity contribution in [1.29, 1.82) is 0 Å². The van der Waals surface area contributed by atoms with E-state index in [2.05, 4.69) is 4.74 Å². The van der Waals surface area contributed by atoms with E-state index in [1.54, 1.807) is 0 Å². The van der Waals surface area contributed by atoms with Crippen LogP contribution in [0.1, 0.15) is 10.4 Å². The first-order valence-electron chi connectivity index (χ1n) is 3.57. The van der Waals surface area contributed by atoms with Crippen molar-refractivity contribution in [2.24, 2.45) is 0 Å². The molecule has 0 aliphatic heterocycles. The molecular formula is C9H8O4. The maximum absolute atomic E-state index is 11.0. The summed E-state index contributed by atoms with van der Waals surface area (Å²) in [5.74, 6) is -1.32. The molecule has 0 spiro atoms. The molecule has 1 aromatic rings. The van der Waals surface area contributed by atoms with E-state index in [1.165, 1.54) is 31.4 Å². The highest BCUT2D eigenvalue weighted by molar-refractivity contribution is 5.91. The minimum Gasteiger partial charge on any atom is -0.504 e. The number of esters is 1. The molecule has 0 radical (unpaired) electrons. The second kappa shape index (κ2) is 3.71. The lowest BCUT2D eigenvalue weighted by atomic mass is 10.2. The first kappa shape index (κ1) is 9.25. The fraction of sp³-hybridized carbons (Fsp3) is 0.111. The van der Waals surface area contributed by atoms with Crippen LogP contribution in [0.4, 0.5) is 0 Å². The Morgan fingerprint density at radius 2 is 2.00 bits per heavy atom. The number of carbonyl (C=O) groups excluding carboxylic acids is 1. The average Bonchev–Trinajstić information content (AvgIpc) is 2.29. The Morgan fingerprint density at radius 1 is 1.38 bits per heavy atom. The zero-order valence-corrected chi connectivity index (χ0v) is 6.98. The van der Waals surface area contributed by atoms with Crippen LogP contribution in [0.2, 0.25) is 0 Å². The summed E-state index contributed by atoms with van der Waals surface area (Å²) in [6, 6.07) is 5.41. The van der Waals surface area contributed by atoms with Crippen molar-refractivity contribution in [3.63, 3.8) is 0 Å². The Labute approximate surface area is 74.4 Å². The summed E-state index contributed by atoms with van der Waals surface area (Å²) < 4.78 is 4.38. The molecule has 0 saturated heterocycles. The average molecular weight is 180 g/mol. The normalized spacial score (nSPS) is 9.31. The standard InChI is InChI=1S/C9H8O4/c1-13-9(12)6-4-2-3-5-7(10)8(6)11/h2-5H,1H3,(H,10,11). The van der Waals surface area contributed by atoms with Gasteiger partial charge in [-0.15, -0.1) is 0 Å².